The van der Waals surface area contributed by atoms with Gasteiger partial charge in [-0.25, -0.2) is 0 Å². The molecule has 0 radical (unpaired) electrons. The van der Waals surface area contributed by atoms with Crippen molar-refractivity contribution in [2.75, 3.05) is 13.7 Å². The van der Waals surface area contributed by atoms with E-state index >= 15 is 0 Å². The second-order valence-electron chi connectivity index (χ2n) is 4.59. The average molecular weight is 214 g/mol. The maximum atomic E-state index is 5.03. The second kappa shape index (κ2) is 12.0. The molecule has 0 bridgehead atoms. The van der Waals surface area contributed by atoms with Crippen molar-refractivity contribution in [3.05, 3.63) is 0 Å². The zero-order valence-electron chi connectivity index (χ0n) is 11.1. The van der Waals surface area contributed by atoms with E-state index in [0.717, 1.165) is 12.5 Å². The Hall–Kier alpha value is -0.0400. The Labute approximate surface area is 96.6 Å². The summed E-state index contributed by atoms with van der Waals surface area (Å²) in [6.07, 6.45) is 12.5. The van der Waals surface area contributed by atoms with Gasteiger partial charge in [-0.1, -0.05) is 65.2 Å². The summed E-state index contributed by atoms with van der Waals surface area (Å²) in [6, 6.07) is 0. The van der Waals surface area contributed by atoms with Gasteiger partial charge < -0.3 is 4.74 Å². The minimum Gasteiger partial charge on any atom is -0.385 e. The van der Waals surface area contributed by atoms with E-state index in [1.54, 1.807) is 7.11 Å². The van der Waals surface area contributed by atoms with Gasteiger partial charge in [0.2, 0.25) is 0 Å². The fourth-order valence-corrected chi connectivity index (χ4v) is 2.08. The van der Waals surface area contributed by atoms with Crippen LogP contribution in [0.4, 0.5) is 0 Å². The maximum Gasteiger partial charge on any atom is 0.0462 e. The maximum absolute atomic E-state index is 5.03. The molecule has 0 N–H and O–H groups in total. The lowest BCUT2D eigenvalue weighted by molar-refractivity contribution is 0.192. The van der Waals surface area contributed by atoms with E-state index in [4.69, 9.17) is 4.74 Å². The van der Waals surface area contributed by atoms with Crippen LogP contribution < -0.4 is 0 Å². The first-order valence-electron chi connectivity index (χ1n) is 6.84. The average Bonchev–Trinajstić information content (AvgIpc) is 2.27. The minimum atomic E-state index is 0.938. The summed E-state index contributed by atoms with van der Waals surface area (Å²) in [6.45, 7) is 5.57. The highest BCUT2D eigenvalue weighted by molar-refractivity contribution is 4.55. The van der Waals surface area contributed by atoms with Gasteiger partial charge in [-0.15, -0.1) is 0 Å². The molecule has 0 aliphatic carbocycles. The zero-order chi connectivity index (χ0) is 11.4. The molecule has 0 heterocycles. The molecular formula is C14H30O. The molecule has 0 aromatic rings. The van der Waals surface area contributed by atoms with E-state index in [1.807, 2.05) is 0 Å². The molecule has 0 atom stereocenters. The van der Waals surface area contributed by atoms with Crippen LogP contribution in [0.3, 0.4) is 0 Å². The van der Waals surface area contributed by atoms with Crippen molar-refractivity contribution in [3.8, 4) is 0 Å². The third-order valence-corrected chi connectivity index (χ3v) is 3.37. The molecule has 0 saturated heterocycles. The summed E-state index contributed by atoms with van der Waals surface area (Å²) in [7, 11) is 1.79. The van der Waals surface area contributed by atoms with Gasteiger partial charge >= 0.3 is 0 Å². The van der Waals surface area contributed by atoms with E-state index in [9.17, 15) is 0 Å². The smallest absolute Gasteiger partial charge is 0.0462 e. The van der Waals surface area contributed by atoms with Crippen molar-refractivity contribution < 1.29 is 4.74 Å². The van der Waals surface area contributed by atoms with Crippen LogP contribution in [-0.2, 0) is 4.74 Å². The molecule has 15 heavy (non-hydrogen) atoms. The summed E-state index contributed by atoms with van der Waals surface area (Å²) >= 11 is 0. The van der Waals surface area contributed by atoms with Crippen LogP contribution in [0, 0.1) is 5.92 Å². The molecule has 1 heteroatoms. The second-order valence-corrected chi connectivity index (χ2v) is 4.59. The van der Waals surface area contributed by atoms with Crippen LogP contribution >= 0.6 is 0 Å². The predicted octanol–water partition coefficient (Wildman–Crippen LogP) is 4.80. The van der Waals surface area contributed by atoms with Crippen molar-refractivity contribution in [2.24, 2.45) is 5.92 Å². The highest BCUT2D eigenvalue weighted by Gasteiger charge is 2.01. The van der Waals surface area contributed by atoms with Crippen LogP contribution in [0.5, 0.6) is 0 Å². The quantitative estimate of drug-likeness (QED) is 0.449. The largest absolute Gasteiger partial charge is 0.385 e. The van der Waals surface area contributed by atoms with Crippen molar-refractivity contribution in [3.63, 3.8) is 0 Å². The number of unbranched alkanes of at least 4 members (excludes halogenated alkanes) is 5. The van der Waals surface area contributed by atoms with Gasteiger partial charge in [0.1, 0.15) is 0 Å². The van der Waals surface area contributed by atoms with E-state index in [0.29, 0.717) is 0 Å². The Balaban J connectivity index is 3.04. The van der Waals surface area contributed by atoms with Crippen LogP contribution in [0.15, 0.2) is 0 Å². The van der Waals surface area contributed by atoms with Crippen molar-refractivity contribution in [1.82, 2.24) is 0 Å². The zero-order valence-corrected chi connectivity index (χ0v) is 11.1. The molecule has 0 unspecified atom stereocenters. The topological polar surface area (TPSA) is 9.23 Å². The molecule has 0 aliphatic rings. The molecule has 0 spiro atoms. The Morgan fingerprint density at radius 1 is 0.800 bits per heavy atom. The van der Waals surface area contributed by atoms with E-state index in [-0.39, 0.29) is 0 Å². The highest BCUT2D eigenvalue weighted by Crippen LogP contribution is 2.17. The molecule has 0 rings (SSSR count). The minimum absolute atomic E-state index is 0.938. The lowest BCUT2D eigenvalue weighted by atomic mass is 9.96. The summed E-state index contributed by atoms with van der Waals surface area (Å²) in [5.41, 5.74) is 0. The van der Waals surface area contributed by atoms with Crippen LogP contribution in [0.25, 0.3) is 0 Å². The van der Waals surface area contributed by atoms with Gasteiger partial charge in [0, 0.05) is 13.7 Å². The molecule has 0 amide bonds. The van der Waals surface area contributed by atoms with Crippen LogP contribution in [0.1, 0.15) is 71.6 Å². The van der Waals surface area contributed by atoms with Gasteiger partial charge in [-0.05, 0) is 12.3 Å². The Morgan fingerprint density at radius 3 is 1.87 bits per heavy atom. The molecular weight excluding hydrogens is 184 g/mol. The lowest BCUT2D eigenvalue weighted by Gasteiger charge is -2.11. The van der Waals surface area contributed by atoms with E-state index < -0.39 is 0 Å². The summed E-state index contributed by atoms with van der Waals surface area (Å²) < 4.78 is 5.03. The van der Waals surface area contributed by atoms with Gasteiger partial charge in [0.25, 0.3) is 0 Å². The fraction of sp³-hybridized carbons (Fsp3) is 1.00. The molecule has 0 aromatic heterocycles. The SMILES string of the molecule is CCC(CC)CCCCCCCCOC. The fourth-order valence-electron chi connectivity index (χ4n) is 2.08. The predicted molar refractivity (Wildman–Crippen MR) is 68.3 cm³/mol. The van der Waals surface area contributed by atoms with Crippen molar-refractivity contribution >= 4 is 0 Å². The summed E-state index contributed by atoms with van der Waals surface area (Å²) in [4.78, 5) is 0. The van der Waals surface area contributed by atoms with Crippen LogP contribution in [0.2, 0.25) is 0 Å². The first-order chi connectivity index (χ1) is 7.35. The molecule has 0 saturated carbocycles. The van der Waals surface area contributed by atoms with Crippen molar-refractivity contribution in [1.29, 1.82) is 0 Å². The molecule has 92 valence electrons. The summed E-state index contributed by atoms with van der Waals surface area (Å²) in [5, 5.41) is 0. The molecule has 0 fully saturated rings. The third-order valence-electron chi connectivity index (χ3n) is 3.37. The Morgan fingerprint density at radius 2 is 1.33 bits per heavy atom. The number of hydrogen-bond acceptors (Lipinski definition) is 1. The number of rotatable bonds is 11. The van der Waals surface area contributed by atoms with Crippen molar-refractivity contribution in [2.45, 2.75) is 71.6 Å². The monoisotopic (exact) mass is 214 g/mol. The standard InChI is InChI=1S/C14H30O/c1-4-14(5-2)12-10-8-6-7-9-11-13-15-3/h14H,4-13H2,1-3H3. The molecule has 0 aromatic carbocycles. The van der Waals surface area contributed by atoms with Gasteiger partial charge in [-0.3, -0.25) is 0 Å². The first-order valence-corrected chi connectivity index (χ1v) is 6.84. The highest BCUT2D eigenvalue weighted by atomic mass is 16.5. The van der Waals surface area contributed by atoms with Gasteiger partial charge in [-0.2, -0.15) is 0 Å². The number of hydrogen-bond donors (Lipinski definition) is 0. The third kappa shape index (κ3) is 10.2. The molecule has 1 nitrogen and oxygen atoms in total. The number of methoxy groups -OCH3 is 1. The van der Waals surface area contributed by atoms with Crippen LogP contribution in [-0.4, -0.2) is 13.7 Å². The van der Waals surface area contributed by atoms with E-state index in [2.05, 4.69) is 13.8 Å². The summed E-state index contributed by atoms with van der Waals surface area (Å²) in [5.74, 6) is 0.985. The lowest BCUT2D eigenvalue weighted by Crippen LogP contribution is -1.96. The van der Waals surface area contributed by atoms with Gasteiger partial charge in [0.15, 0.2) is 0 Å². The Bertz CT molecular complexity index is 108. The van der Waals surface area contributed by atoms with E-state index in [1.165, 1.54) is 57.8 Å². The Kier molecular flexibility index (Phi) is 12.0. The molecule has 0 aliphatic heterocycles. The first kappa shape index (κ1) is 15.0. The van der Waals surface area contributed by atoms with Gasteiger partial charge in [0.05, 0.1) is 0 Å². The normalized spacial score (nSPS) is 11.2. The number of ether oxygens (including phenoxy) is 1.